The third kappa shape index (κ3) is 5.47. The second-order valence-corrected chi connectivity index (χ2v) is 6.83. The summed E-state index contributed by atoms with van der Waals surface area (Å²) in [7, 11) is 1.70. The van der Waals surface area contributed by atoms with Crippen LogP contribution in [-0.4, -0.2) is 48.4 Å². The van der Waals surface area contributed by atoms with Gasteiger partial charge in [-0.2, -0.15) is 18.3 Å². The van der Waals surface area contributed by atoms with E-state index in [0.29, 0.717) is 28.3 Å². The van der Waals surface area contributed by atoms with Crippen LogP contribution in [0.4, 0.5) is 18.9 Å². The molecule has 0 radical (unpaired) electrons. The molecule has 168 valence electrons. The van der Waals surface area contributed by atoms with Crippen molar-refractivity contribution in [1.29, 1.82) is 0 Å². The number of halogens is 3. The molecule has 4 aromatic heterocycles. The van der Waals surface area contributed by atoms with Gasteiger partial charge in [-0.3, -0.25) is 24.4 Å². The summed E-state index contributed by atoms with van der Waals surface area (Å²) in [5.74, 6) is -0.571. The largest absolute Gasteiger partial charge is 0.482 e. The molecular formula is C21H16F3N7O2. The van der Waals surface area contributed by atoms with Crippen molar-refractivity contribution in [2.45, 2.75) is 6.18 Å². The summed E-state index contributed by atoms with van der Waals surface area (Å²) < 4.78 is 43.5. The van der Waals surface area contributed by atoms with Crippen molar-refractivity contribution in [2.75, 3.05) is 11.9 Å². The van der Waals surface area contributed by atoms with Crippen LogP contribution in [0.15, 0.2) is 61.4 Å². The van der Waals surface area contributed by atoms with Crippen LogP contribution in [0, 0.1) is 0 Å². The summed E-state index contributed by atoms with van der Waals surface area (Å²) in [6, 6.07) is 6.09. The van der Waals surface area contributed by atoms with Gasteiger partial charge < -0.3 is 10.1 Å². The molecule has 0 saturated heterocycles. The van der Waals surface area contributed by atoms with E-state index in [4.69, 9.17) is 4.74 Å². The lowest BCUT2D eigenvalue weighted by Gasteiger charge is -2.10. The van der Waals surface area contributed by atoms with E-state index in [2.05, 4.69) is 30.4 Å². The van der Waals surface area contributed by atoms with Gasteiger partial charge in [0, 0.05) is 37.4 Å². The molecule has 0 atom stereocenters. The molecule has 1 N–H and O–H groups in total. The van der Waals surface area contributed by atoms with Crippen LogP contribution >= 0.6 is 0 Å². The molecule has 0 unspecified atom stereocenters. The molecule has 4 aromatic rings. The molecule has 0 bridgehead atoms. The molecule has 9 nitrogen and oxygen atoms in total. The van der Waals surface area contributed by atoms with Crippen LogP contribution in [0.1, 0.15) is 10.5 Å². The van der Waals surface area contributed by atoms with Crippen molar-refractivity contribution in [2.24, 2.45) is 7.05 Å². The van der Waals surface area contributed by atoms with Gasteiger partial charge in [0.05, 0.1) is 23.8 Å². The first kappa shape index (κ1) is 21.9. The number of nitrogens with zero attached hydrogens (tertiary/aromatic N) is 6. The van der Waals surface area contributed by atoms with Crippen LogP contribution in [0.3, 0.4) is 0 Å². The van der Waals surface area contributed by atoms with Gasteiger partial charge in [0.25, 0.3) is 5.91 Å². The van der Waals surface area contributed by atoms with E-state index in [1.165, 1.54) is 47.8 Å². The topological polar surface area (TPSA) is 108 Å². The number of anilines is 1. The number of hydrogen-bond acceptors (Lipinski definition) is 7. The third-order valence-corrected chi connectivity index (χ3v) is 4.28. The highest BCUT2D eigenvalue weighted by molar-refractivity contribution is 6.04. The van der Waals surface area contributed by atoms with Crippen molar-refractivity contribution in [3.63, 3.8) is 0 Å². The van der Waals surface area contributed by atoms with Crippen LogP contribution in [-0.2, 0) is 7.05 Å². The van der Waals surface area contributed by atoms with E-state index in [1.807, 2.05) is 0 Å². The highest BCUT2D eigenvalue weighted by Gasteiger charge is 2.28. The Hall–Kier alpha value is -4.35. The molecule has 0 aliphatic carbocycles. The van der Waals surface area contributed by atoms with E-state index in [-0.39, 0.29) is 11.4 Å². The van der Waals surface area contributed by atoms with Gasteiger partial charge in [0.15, 0.2) is 6.61 Å². The molecule has 1 amide bonds. The smallest absolute Gasteiger partial charge is 0.422 e. The molecule has 0 aliphatic heterocycles. The Morgan fingerprint density at radius 1 is 1.12 bits per heavy atom. The van der Waals surface area contributed by atoms with E-state index in [0.717, 1.165) is 0 Å². The van der Waals surface area contributed by atoms with Crippen molar-refractivity contribution < 1.29 is 22.7 Å². The summed E-state index contributed by atoms with van der Waals surface area (Å²) in [4.78, 5) is 29.3. The van der Waals surface area contributed by atoms with E-state index in [1.54, 1.807) is 25.4 Å². The monoisotopic (exact) mass is 455 g/mol. The fourth-order valence-electron chi connectivity index (χ4n) is 2.90. The first-order valence-corrected chi connectivity index (χ1v) is 9.52. The third-order valence-electron chi connectivity index (χ3n) is 4.28. The lowest BCUT2D eigenvalue weighted by Crippen LogP contribution is -2.19. The molecule has 12 heteroatoms. The summed E-state index contributed by atoms with van der Waals surface area (Å²) in [6.45, 7) is -1.44. The normalized spacial score (nSPS) is 11.3. The number of alkyl halides is 3. The van der Waals surface area contributed by atoms with Gasteiger partial charge in [-0.25, -0.2) is 4.98 Å². The van der Waals surface area contributed by atoms with Gasteiger partial charge in [0.2, 0.25) is 0 Å². The standard InChI is InChI=1S/C21H16F3N7O2/c1-31-11-18(19(30-31)17-10-25-5-6-27-17)29-20(32)16-4-2-3-15(28-16)13-7-14(9-26-8-13)33-12-21(22,23)24/h2-11H,12H2,1H3,(H,29,32). The first-order valence-electron chi connectivity index (χ1n) is 9.52. The predicted molar refractivity (Wildman–Crippen MR) is 111 cm³/mol. The minimum atomic E-state index is -4.47. The maximum atomic E-state index is 12.9. The van der Waals surface area contributed by atoms with Crippen molar-refractivity contribution >= 4 is 11.6 Å². The Morgan fingerprint density at radius 3 is 2.73 bits per heavy atom. The van der Waals surface area contributed by atoms with Crippen molar-refractivity contribution in [1.82, 2.24) is 29.7 Å². The van der Waals surface area contributed by atoms with E-state index < -0.39 is 18.7 Å². The Balaban J connectivity index is 1.55. The summed E-state index contributed by atoms with van der Waals surface area (Å²) in [5, 5.41) is 7.07. The Bertz CT molecular complexity index is 1280. The SMILES string of the molecule is Cn1cc(NC(=O)c2cccc(-c3cncc(OCC(F)(F)F)c3)n2)c(-c2cnccn2)n1. The number of carbonyl (C=O) groups excluding carboxylic acids is 1. The lowest BCUT2D eigenvalue weighted by molar-refractivity contribution is -0.153. The maximum Gasteiger partial charge on any atom is 0.422 e. The number of ether oxygens (including phenoxy) is 1. The molecule has 33 heavy (non-hydrogen) atoms. The number of carbonyl (C=O) groups is 1. The second kappa shape index (κ2) is 9.02. The number of aromatic nitrogens is 6. The zero-order valence-electron chi connectivity index (χ0n) is 17.1. The van der Waals surface area contributed by atoms with Crippen LogP contribution in [0.5, 0.6) is 5.75 Å². The molecular weight excluding hydrogens is 439 g/mol. The number of hydrogen-bond donors (Lipinski definition) is 1. The highest BCUT2D eigenvalue weighted by atomic mass is 19.4. The van der Waals surface area contributed by atoms with Crippen LogP contribution in [0.2, 0.25) is 0 Å². The molecule has 0 aromatic carbocycles. The zero-order chi connectivity index (χ0) is 23.4. The van der Waals surface area contributed by atoms with Crippen molar-refractivity contribution in [3.8, 4) is 28.4 Å². The van der Waals surface area contributed by atoms with E-state index in [9.17, 15) is 18.0 Å². The number of nitrogens with one attached hydrogen (secondary N) is 1. The van der Waals surface area contributed by atoms with Gasteiger partial charge >= 0.3 is 6.18 Å². The van der Waals surface area contributed by atoms with Gasteiger partial charge in [-0.05, 0) is 18.2 Å². The highest BCUT2D eigenvalue weighted by Crippen LogP contribution is 2.26. The van der Waals surface area contributed by atoms with Gasteiger partial charge in [-0.15, -0.1) is 0 Å². The fourth-order valence-corrected chi connectivity index (χ4v) is 2.90. The van der Waals surface area contributed by atoms with Crippen molar-refractivity contribution in [3.05, 3.63) is 67.1 Å². The average molecular weight is 455 g/mol. The molecule has 4 rings (SSSR count). The number of rotatable bonds is 6. The van der Waals surface area contributed by atoms with Gasteiger partial charge in [-0.1, -0.05) is 6.07 Å². The molecule has 0 spiro atoms. The first-order chi connectivity index (χ1) is 15.8. The summed E-state index contributed by atoms with van der Waals surface area (Å²) >= 11 is 0. The molecule has 0 aliphatic rings. The van der Waals surface area contributed by atoms with Crippen LogP contribution < -0.4 is 10.1 Å². The fraction of sp³-hybridized carbons (Fsp3) is 0.143. The number of pyridine rings is 2. The molecule has 0 fully saturated rings. The minimum Gasteiger partial charge on any atom is -0.482 e. The predicted octanol–water partition coefficient (Wildman–Crippen LogP) is 3.53. The molecule has 4 heterocycles. The summed E-state index contributed by atoms with van der Waals surface area (Å²) in [6.07, 6.45) is 4.30. The van der Waals surface area contributed by atoms with Crippen LogP contribution in [0.25, 0.3) is 22.6 Å². The quantitative estimate of drug-likeness (QED) is 0.474. The number of aryl methyl sites for hydroxylation is 1. The maximum absolute atomic E-state index is 12.9. The van der Waals surface area contributed by atoms with Gasteiger partial charge in [0.1, 0.15) is 22.8 Å². The minimum absolute atomic E-state index is 0.0644. The average Bonchev–Trinajstić information content (AvgIpc) is 3.18. The molecule has 0 saturated carbocycles. The Morgan fingerprint density at radius 2 is 1.97 bits per heavy atom. The lowest BCUT2D eigenvalue weighted by atomic mass is 10.1. The summed E-state index contributed by atoms with van der Waals surface area (Å²) in [5.41, 5.74) is 2.16. The number of amides is 1. The second-order valence-electron chi connectivity index (χ2n) is 6.83. The Kier molecular flexibility index (Phi) is 5.98. The zero-order valence-corrected chi connectivity index (χ0v) is 17.1. The van der Waals surface area contributed by atoms with E-state index >= 15 is 0 Å². The Labute approximate surface area is 185 Å².